The molecule has 1 rings (SSSR count). The first-order valence-electron chi connectivity index (χ1n) is 17.6. The third-order valence-corrected chi connectivity index (χ3v) is 8.09. The fourth-order valence-corrected chi connectivity index (χ4v) is 5.68. The second-order valence-electron chi connectivity index (χ2n) is 12.6. The predicted octanol–water partition coefficient (Wildman–Crippen LogP) is 7.83. The molecular weight excluding hydrogens is 496 g/mol. The Morgan fingerprint density at radius 3 is 1.12 bits per heavy atom. The minimum absolute atomic E-state index is 0.903. The first-order valence-corrected chi connectivity index (χ1v) is 17.6. The predicted molar refractivity (Wildman–Crippen MR) is 174 cm³/mol. The van der Waals surface area contributed by atoms with E-state index in [9.17, 15) is 0 Å². The lowest BCUT2D eigenvalue weighted by molar-refractivity contribution is -0.0366. The van der Waals surface area contributed by atoms with E-state index in [2.05, 4.69) is 47.5 Å². The molecule has 0 aromatic rings. The van der Waals surface area contributed by atoms with Crippen LogP contribution in [0, 0.1) is 0 Å². The van der Waals surface area contributed by atoms with E-state index in [1.807, 2.05) is 0 Å². The van der Waals surface area contributed by atoms with E-state index >= 15 is 0 Å². The van der Waals surface area contributed by atoms with Crippen LogP contribution in [0.2, 0.25) is 0 Å². The van der Waals surface area contributed by atoms with Crippen LogP contribution in [-0.2, 0) is 9.47 Å². The van der Waals surface area contributed by atoms with Gasteiger partial charge >= 0.3 is 0 Å². The molecule has 6 heteroatoms. The monoisotopic (exact) mass is 569 g/mol. The number of unbranched alkanes of at least 4 members (excludes halogenated alkanes) is 14. The van der Waals surface area contributed by atoms with Crippen molar-refractivity contribution in [2.75, 3.05) is 86.7 Å². The maximum absolute atomic E-state index is 5.99. The number of hydrogen-bond acceptors (Lipinski definition) is 6. The maximum atomic E-state index is 5.99. The lowest BCUT2D eigenvalue weighted by Crippen LogP contribution is -2.55. The molecule has 0 aliphatic carbocycles. The summed E-state index contributed by atoms with van der Waals surface area (Å²) >= 11 is 0. The van der Waals surface area contributed by atoms with Crippen LogP contribution in [-0.4, -0.2) is 106 Å². The molecule has 240 valence electrons. The van der Waals surface area contributed by atoms with Crippen molar-refractivity contribution in [3.05, 3.63) is 0 Å². The van der Waals surface area contributed by atoms with Crippen molar-refractivity contribution in [2.24, 2.45) is 0 Å². The molecular formula is C34H72N4O2. The number of nitrogens with zero attached hydrogens (tertiary/aromatic N) is 4. The molecule has 0 amide bonds. The Morgan fingerprint density at radius 2 is 0.750 bits per heavy atom. The Hall–Kier alpha value is -0.240. The van der Waals surface area contributed by atoms with E-state index in [4.69, 9.17) is 9.47 Å². The Labute approximate surface area is 251 Å². The van der Waals surface area contributed by atoms with Crippen molar-refractivity contribution in [2.45, 2.75) is 136 Å². The van der Waals surface area contributed by atoms with Gasteiger partial charge in [0.25, 0.3) is 0 Å². The van der Waals surface area contributed by atoms with Crippen molar-refractivity contribution in [1.82, 2.24) is 19.6 Å². The fraction of sp³-hybridized carbons (Fsp3) is 1.00. The molecule has 6 nitrogen and oxygen atoms in total. The summed E-state index contributed by atoms with van der Waals surface area (Å²) in [4.78, 5) is 10.2. The molecule has 0 radical (unpaired) electrons. The first kappa shape index (κ1) is 37.8. The van der Waals surface area contributed by atoms with Crippen LogP contribution in [0.1, 0.15) is 136 Å². The van der Waals surface area contributed by atoms with Gasteiger partial charge in [-0.2, -0.15) is 0 Å². The average Bonchev–Trinajstić information content (AvgIpc) is 2.94. The van der Waals surface area contributed by atoms with Gasteiger partial charge in [-0.25, -0.2) is 0 Å². The van der Waals surface area contributed by atoms with E-state index in [-0.39, 0.29) is 0 Å². The molecule has 1 aliphatic rings. The van der Waals surface area contributed by atoms with E-state index in [0.717, 1.165) is 78.9 Å². The molecule has 1 aliphatic heterocycles. The minimum atomic E-state index is 0.903. The molecule has 40 heavy (non-hydrogen) atoms. The highest BCUT2D eigenvalue weighted by Crippen LogP contribution is 2.12. The minimum Gasteiger partial charge on any atom is -0.381 e. The molecule has 1 saturated heterocycles. The molecule has 0 bridgehead atoms. The summed E-state index contributed by atoms with van der Waals surface area (Å²) < 4.78 is 12.0. The van der Waals surface area contributed by atoms with Gasteiger partial charge in [0.2, 0.25) is 0 Å². The van der Waals surface area contributed by atoms with Gasteiger partial charge in [0, 0.05) is 46.1 Å². The zero-order valence-electron chi connectivity index (χ0n) is 27.8. The summed E-state index contributed by atoms with van der Waals surface area (Å²) in [5, 5.41) is 0. The van der Waals surface area contributed by atoms with Crippen LogP contribution in [0.4, 0.5) is 0 Å². The molecule has 1 heterocycles. The number of ether oxygens (including phenoxy) is 2. The van der Waals surface area contributed by atoms with Crippen molar-refractivity contribution in [1.29, 1.82) is 0 Å². The van der Waals surface area contributed by atoms with E-state index in [1.54, 1.807) is 0 Å². The van der Waals surface area contributed by atoms with Gasteiger partial charge in [-0.05, 0) is 52.7 Å². The van der Waals surface area contributed by atoms with Crippen LogP contribution < -0.4 is 0 Å². The fourth-order valence-electron chi connectivity index (χ4n) is 5.68. The van der Waals surface area contributed by atoms with Crippen molar-refractivity contribution >= 4 is 0 Å². The van der Waals surface area contributed by atoms with Gasteiger partial charge in [0.1, 0.15) is 0 Å². The van der Waals surface area contributed by atoms with Crippen LogP contribution in [0.3, 0.4) is 0 Å². The van der Waals surface area contributed by atoms with Crippen LogP contribution in [0.15, 0.2) is 0 Å². The van der Waals surface area contributed by atoms with Crippen molar-refractivity contribution in [3.8, 4) is 0 Å². The Balaban J connectivity index is 2.14. The summed E-state index contributed by atoms with van der Waals surface area (Å²) in [5.74, 6) is 0. The van der Waals surface area contributed by atoms with Crippen LogP contribution in [0.25, 0.3) is 0 Å². The summed E-state index contributed by atoms with van der Waals surface area (Å²) in [6, 6.07) is 0. The SMILES string of the molecule is CCCCCCCCCCOCCCN1CN(CCCOCCCCCCCCCC)CN(CCCN(C)C)C1. The van der Waals surface area contributed by atoms with Gasteiger partial charge in [-0.3, -0.25) is 14.7 Å². The molecule has 0 N–H and O–H groups in total. The zero-order valence-corrected chi connectivity index (χ0v) is 27.8. The molecule has 0 saturated carbocycles. The second-order valence-corrected chi connectivity index (χ2v) is 12.6. The highest BCUT2D eigenvalue weighted by atomic mass is 16.5. The Kier molecular flexibility index (Phi) is 27.3. The van der Waals surface area contributed by atoms with Crippen LogP contribution >= 0.6 is 0 Å². The normalized spacial score (nSPS) is 15.5. The number of rotatable bonds is 30. The molecule has 0 aromatic heterocycles. The van der Waals surface area contributed by atoms with Gasteiger partial charge in [0.05, 0.1) is 20.0 Å². The number of hydrogen-bond donors (Lipinski definition) is 0. The lowest BCUT2D eigenvalue weighted by Gasteiger charge is -2.42. The molecule has 0 unspecified atom stereocenters. The second kappa shape index (κ2) is 28.9. The highest BCUT2D eigenvalue weighted by Gasteiger charge is 2.22. The standard InChI is InChI=1S/C34H72N4O2/c1-5-7-9-11-13-15-17-19-28-39-30-22-26-37-32-36(25-21-24-35(3)4)33-38(34-37)27-23-31-40-29-20-18-16-14-12-10-8-6-2/h5-34H2,1-4H3. The topological polar surface area (TPSA) is 31.4 Å². The highest BCUT2D eigenvalue weighted by molar-refractivity contribution is 4.70. The third-order valence-electron chi connectivity index (χ3n) is 8.09. The van der Waals surface area contributed by atoms with Crippen molar-refractivity contribution < 1.29 is 9.47 Å². The maximum Gasteiger partial charge on any atom is 0.0530 e. The van der Waals surface area contributed by atoms with Gasteiger partial charge in [0.15, 0.2) is 0 Å². The third kappa shape index (κ3) is 24.4. The van der Waals surface area contributed by atoms with Gasteiger partial charge < -0.3 is 14.4 Å². The van der Waals surface area contributed by atoms with Crippen LogP contribution in [0.5, 0.6) is 0 Å². The quantitative estimate of drug-likeness (QED) is 0.0821. The summed E-state index contributed by atoms with van der Waals surface area (Å²) in [7, 11) is 4.35. The van der Waals surface area contributed by atoms with Gasteiger partial charge in [-0.1, -0.05) is 104 Å². The molecule has 0 spiro atoms. The average molecular weight is 569 g/mol. The largest absolute Gasteiger partial charge is 0.381 e. The molecule has 0 aromatic carbocycles. The summed E-state index contributed by atoms with van der Waals surface area (Å²) in [6.45, 7) is 16.1. The molecule has 1 fully saturated rings. The Morgan fingerprint density at radius 1 is 0.425 bits per heavy atom. The van der Waals surface area contributed by atoms with E-state index in [1.165, 1.54) is 116 Å². The summed E-state index contributed by atoms with van der Waals surface area (Å²) in [5.41, 5.74) is 0. The first-order chi connectivity index (χ1) is 19.7. The Bertz CT molecular complexity index is 472. The van der Waals surface area contributed by atoms with E-state index < -0.39 is 0 Å². The molecule has 0 atom stereocenters. The van der Waals surface area contributed by atoms with Gasteiger partial charge in [-0.15, -0.1) is 0 Å². The lowest BCUT2D eigenvalue weighted by atomic mass is 10.1. The summed E-state index contributed by atoms with van der Waals surface area (Å²) in [6.07, 6.45) is 25.3. The van der Waals surface area contributed by atoms with E-state index in [0.29, 0.717) is 0 Å². The smallest absolute Gasteiger partial charge is 0.0530 e. The zero-order chi connectivity index (χ0) is 28.9. The van der Waals surface area contributed by atoms with Crippen molar-refractivity contribution in [3.63, 3.8) is 0 Å².